The summed E-state index contributed by atoms with van der Waals surface area (Å²) in [5.74, 6) is -0.0518. The van der Waals surface area contributed by atoms with Crippen LogP contribution >= 0.6 is 0 Å². The third-order valence-corrected chi connectivity index (χ3v) is 5.77. The summed E-state index contributed by atoms with van der Waals surface area (Å²) in [5, 5.41) is 12.3. The van der Waals surface area contributed by atoms with Gasteiger partial charge in [0.25, 0.3) is 5.91 Å². The van der Waals surface area contributed by atoms with E-state index < -0.39 is 0 Å². The fourth-order valence-electron chi connectivity index (χ4n) is 3.94. The zero-order valence-electron chi connectivity index (χ0n) is 16.0. The van der Waals surface area contributed by atoms with Crippen molar-refractivity contribution in [3.05, 3.63) is 53.9 Å². The maximum Gasteiger partial charge on any atom is 0.251 e. The van der Waals surface area contributed by atoms with Gasteiger partial charge in [-0.15, -0.1) is 0 Å². The van der Waals surface area contributed by atoms with Crippen LogP contribution in [0.25, 0.3) is 11.1 Å². The molecule has 2 aromatic rings. The first-order chi connectivity index (χ1) is 13.1. The van der Waals surface area contributed by atoms with E-state index in [0.29, 0.717) is 17.8 Å². The molecule has 140 valence electrons. The molecule has 1 aromatic heterocycles. The van der Waals surface area contributed by atoms with Crippen molar-refractivity contribution in [2.45, 2.75) is 38.1 Å². The normalized spacial score (nSPS) is 15.5. The number of carbonyl (C=O) groups excluding carboxylic acids is 1. The Kier molecular flexibility index (Phi) is 5.88. The highest BCUT2D eigenvalue weighted by Crippen LogP contribution is 2.34. The third kappa shape index (κ3) is 4.01. The molecule has 27 heavy (non-hydrogen) atoms. The van der Waals surface area contributed by atoms with Crippen LogP contribution in [-0.2, 0) is 0 Å². The van der Waals surface area contributed by atoms with Crippen LogP contribution in [0.15, 0.2) is 42.6 Å². The van der Waals surface area contributed by atoms with Gasteiger partial charge in [0.15, 0.2) is 0 Å². The Morgan fingerprint density at radius 2 is 1.96 bits per heavy atom. The number of nitriles is 1. The Bertz CT molecular complexity index is 832. The summed E-state index contributed by atoms with van der Waals surface area (Å²) in [6, 6.07) is 13.1. The number of nitrogens with zero attached hydrogens (tertiary/aromatic N) is 3. The van der Waals surface area contributed by atoms with E-state index in [4.69, 9.17) is 0 Å². The second-order valence-corrected chi connectivity index (χ2v) is 7.22. The summed E-state index contributed by atoms with van der Waals surface area (Å²) in [6.45, 7) is 3.82. The lowest BCUT2D eigenvalue weighted by Gasteiger charge is -2.38. The summed E-state index contributed by atoms with van der Waals surface area (Å²) < 4.78 is 0. The second kappa shape index (κ2) is 8.32. The lowest BCUT2D eigenvalue weighted by atomic mass is 9.95. The molecule has 5 nitrogen and oxygen atoms in total. The zero-order valence-corrected chi connectivity index (χ0v) is 16.0. The molecule has 3 rings (SSSR count). The maximum absolute atomic E-state index is 12.6. The third-order valence-electron chi connectivity index (χ3n) is 5.77. The van der Waals surface area contributed by atoms with Gasteiger partial charge in [0, 0.05) is 29.4 Å². The number of carbonyl (C=O) groups is 1. The molecule has 0 bridgehead atoms. The van der Waals surface area contributed by atoms with Gasteiger partial charge < -0.3 is 5.32 Å². The number of hydrogen-bond donors (Lipinski definition) is 1. The minimum atomic E-state index is -0.0518. The standard InChI is InChI=1S/C22H26N4O/c1-3-26(2)22(12-4-5-13-22)16-25-21(27)18-10-8-17(9-11-18)19-7-6-14-24-20(19)15-23/h6-11,14H,3-5,12-13,16H2,1-2H3,(H,25,27). The minimum absolute atomic E-state index is 0.0518. The number of likely N-dealkylation sites (N-methyl/N-ethyl adjacent to an activating group) is 1. The number of aromatic nitrogens is 1. The van der Waals surface area contributed by atoms with Crippen molar-refractivity contribution >= 4 is 5.91 Å². The molecule has 1 aromatic carbocycles. The number of hydrogen-bond acceptors (Lipinski definition) is 4. The summed E-state index contributed by atoms with van der Waals surface area (Å²) in [6.07, 6.45) is 6.32. The quantitative estimate of drug-likeness (QED) is 0.852. The number of pyridine rings is 1. The fourth-order valence-corrected chi connectivity index (χ4v) is 3.94. The summed E-state index contributed by atoms with van der Waals surface area (Å²) in [4.78, 5) is 19.1. The van der Waals surface area contributed by atoms with Crippen LogP contribution in [0, 0.1) is 11.3 Å². The molecular formula is C22H26N4O. The van der Waals surface area contributed by atoms with Gasteiger partial charge in [-0.05, 0) is 56.3 Å². The van der Waals surface area contributed by atoms with E-state index in [1.54, 1.807) is 6.20 Å². The minimum Gasteiger partial charge on any atom is -0.350 e. The van der Waals surface area contributed by atoms with E-state index >= 15 is 0 Å². The van der Waals surface area contributed by atoms with Gasteiger partial charge in [-0.3, -0.25) is 9.69 Å². The van der Waals surface area contributed by atoms with E-state index in [1.807, 2.05) is 36.4 Å². The van der Waals surface area contributed by atoms with Crippen LogP contribution in [0.4, 0.5) is 0 Å². The molecule has 1 aliphatic carbocycles. The van der Waals surface area contributed by atoms with Crippen molar-refractivity contribution in [1.29, 1.82) is 5.26 Å². The molecule has 5 heteroatoms. The molecule has 1 fully saturated rings. The Labute approximate surface area is 161 Å². The molecule has 1 N–H and O–H groups in total. The summed E-state index contributed by atoms with van der Waals surface area (Å²) >= 11 is 0. The fraction of sp³-hybridized carbons (Fsp3) is 0.409. The zero-order chi connectivity index (χ0) is 19.3. The number of nitrogens with one attached hydrogen (secondary N) is 1. The molecular weight excluding hydrogens is 336 g/mol. The van der Waals surface area contributed by atoms with E-state index in [2.05, 4.69) is 35.2 Å². The number of rotatable bonds is 6. The van der Waals surface area contributed by atoms with Gasteiger partial charge in [-0.2, -0.15) is 5.26 Å². The van der Waals surface area contributed by atoms with Crippen molar-refractivity contribution in [3.8, 4) is 17.2 Å². The summed E-state index contributed by atoms with van der Waals surface area (Å²) in [5.41, 5.74) is 2.77. The van der Waals surface area contributed by atoms with Crippen molar-refractivity contribution in [1.82, 2.24) is 15.2 Å². The van der Waals surface area contributed by atoms with Crippen LogP contribution in [-0.4, -0.2) is 41.5 Å². The average molecular weight is 362 g/mol. The van der Waals surface area contributed by atoms with E-state index in [-0.39, 0.29) is 11.4 Å². The highest BCUT2D eigenvalue weighted by Gasteiger charge is 2.37. The Morgan fingerprint density at radius 3 is 2.59 bits per heavy atom. The lowest BCUT2D eigenvalue weighted by Crippen LogP contribution is -2.52. The molecule has 0 spiro atoms. The molecule has 0 aliphatic heterocycles. The van der Waals surface area contributed by atoms with Crippen molar-refractivity contribution in [3.63, 3.8) is 0 Å². The smallest absolute Gasteiger partial charge is 0.251 e. The molecule has 0 unspecified atom stereocenters. The largest absolute Gasteiger partial charge is 0.350 e. The lowest BCUT2D eigenvalue weighted by molar-refractivity contribution is 0.0874. The van der Waals surface area contributed by atoms with Gasteiger partial charge in [0.2, 0.25) is 0 Å². The first-order valence-corrected chi connectivity index (χ1v) is 9.54. The van der Waals surface area contributed by atoms with E-state index in [1.165, 1.54) is 12.8 Å². The monoisotopic (exact) mass is 362 g/mol. The topological polar surface area (TPSA) is 69.0 Å². The molecule has 1 amide bonds. The van der Waals surface area contributed by atoms with Crippen LogP contribution in [0.2, 0.25) is 0 Å². The first-order valence-electron chi connectivity index (χ1n) is 9.54. The molecule has 0 radical (unpaired) electrons. The van der Waals surface area contributed by atoms with Gasteiger partial charge >= 0.3 is 0 Å². The van der Waals surface area contributed by atoms with Crippen LogP contribution in [0.1, 0.15) is 48.7 Å². The van der Waals surface area contributed by atoms with Crippen LogP contribution < -0.4 is 5.32 Å². The number of amides is 1. The van der Waals surface area contributed by atoms with Gasteiger partial charge in [0.1, 0.15) is 11.8 Å². The molecule has 1 heterocycles. The maximum atomic E-state index is 12.6. The predicted octanol–water partition coefficient (Wildman–Crippen LogP) is 3.61. The average Bonchev–Trinajstić information content (AvgIpc) is 3.21. The van der Waals surface area contributed by atoms with Crippen molar-refractivity contribution in [2.75, 3.05) is 20.1 Å². The summed E-state index contributed by atoms with van der Waals surface area (Å²) in [7, 11) is 2.15. The van der Waals surface area contributed by atoms with Crippen LogP contribution in [0.5, 0.6) is 0 Å². The predicted molar refractivity (Wildman–Crippen MR) is 106 cm³/mol. The molecule has 1 aliphatic rings. The molecule has 0 saturated heterocycles. The van der Waals surface area contributed by atoms with E-state index in [9.17, 15) is 10.1 Å². The Morgan fingerprint density at radius 1 is 1.26 bits per heavy atom. The molecule has 1 saturated carbocycles. The highest BCUT2D eigenvalue weighted by atomic mass is 16.1. The van der Waals surface area contributed by atoms with Gasteiger partial charge in [0.05, 0.1) is 0 Å². The van der Waals surface area contributed by atoms with Gasteiger partial charge in [-0.1, -0.05) is 31.9 Å². The second-order valence-electron chi connectivity index (χ2n) is 7.22. The van der Waals surface area contributed by atoms with Crippen LogP contribution in [0.3, 0.4) is 0 Å². The van der Waals surface area contributed by atoms with Crippen molar-refractivity contribution in [2.24, 2.45) is 0 Å². The van der Waals surface area contributed by atoms with E-state index in [0.717, 1.165) is 30.5 Å². The van der Waals surface area contributed by atoms with Crippen molar-refractivity contribution < 1.29 is 4.79 Å². The number of benzene rings is 1. The SMILES string of the molecule is CCN(C)C1(CNC(=O)c2ccc(-c3cccnc3C#N)cc2)CCCC1. The first kappa shape index (κ1) is 19.1. The Balaban J connectivity index is 1.70. The Hall–Kier alpha value is -2.71. The van der Waals surface area contributed by atoms with Gasteiger partial charge in [-0.25, -0.2) is 4.98 Å². The molecule has 0 atom stereocenters. The highest BCUT2D eigenvalue weighted by molar-refractivity contribution is 5.94.